The van der Waals surface area contributed by atoms with Crippen LogP contribution in [0.25, 0.3) is 0 Å². The van der Waals surface area contributed by atoms with Gasteiger partial charge in [0.2, 0.25) is 11.8 Å². The van der Waals surface area contributed by atoms with Gasteiger partial charge in [0.15, 0.2) is 0 Å². The van der Waals surface area contributed by atoms with Crippen LogP contribution >= 0.6 is 0 Å². The number of hydrogen-bond donors (Lipinski definition) is 3. The van der Waals surface area contributed by atoms with Gasteiger partial charge >= 0.3 is 0 Å². The van der Waals surface area contributed by atoms with E-state index < -0.39 is 24.2 Å². The van der Waals surface area contributed by atoms with Gasteiger partial charge in [-0.3, -0.25) is 9.59 Å². The Hall–Kier alpha value is -2.42. The number of carbonyl (C=O) groups is 2. The van der Waals surface area contributed by atoms with Crippen LogP contribution in [0.15, 0.2) is 35.9 Å². The van der Waals surface area contributed by atoms with Crippen molar-refractivity contribution in [3.05, 3.63) is 41.5 Å². The zero-order valence-electron chi connectivity index (χ0n) is 19.1. The molecule has 2 heterocycles. The fourth-order valence-corrected chi connectivity index (χ4v) is 5.06. The molecule has 1 fully saturated rings. The third kappa shape index (κ3) is 4.93. The summed E-state index contributed by atoms with van der Waals surface area (Å²) in [5.41, 5.74) is 1.29. The first kappa shape index (κ1) is 23.7. The number of ether oxygens (including phenoxy) is 2. The molecule has 2 amide bonds. The largest absolute Gasteiger partial charge is 0.486 e. The lowest BCUT2D eigenvalue weighted by Gasteiger charge is -2.41. The molecule has 0 radical (unpaired) electrons. The molecule has 8 heteroatoms. The summed E-state index contributed by atoms with van der Waals surface area (Å²) in [5.74, 6) is -0.191. The lowest BCUT2D eigenvalue weighted by atomic mass is 9.77. The summed E-state index contributed by atoms with van der Waals surface area (Å²) < 4.78 is 11.9. The molecular weight excluding hydrogens is 424 g/mol. The highest BCUT2D eigenvalue weighted by Gasteiger charge is 2.50. The van der Waals surface area contributed by atoms with Gasteiger partial charge < -0.3 is 29.9 Å². The Morgan fingerprint density at radius 2 is 2.09 bits per heavy atom. The first-order chi connectivity index (χ1) is 16.0. The molecule has 1 aromatic rings. The summed E-state index contributed by atoms with van der Waals surface area (Å²) >= 11 is 0. The molecule has 2 aliphatic heterocycles. The molecule has 0 bridgehead atoms. The van der Waals surface area contributed by atoms with E-state index in [4.69, 9.17) is 9.47 Å². The second-order valence-corrected chi connectivity index (χ2v) is 8.97. The van der Waals surface area contributed by atoms with Crippen LogP contribution < -0.4 is 10.1 Å². The van der Waals surface area contributed by atoms with Gasteiger partial charge in [-0.15, -0.1) is 0 Å². The number of fused-ring (bicyclic) bond motifs is 3. The Balaban J connectivity index is 1.70. The standard InChI is InChI=1S/C25H34N2O6/c1-2-3-10-21(29)27(15-16-7-6-13-32-16)19-14-18(25(31)26-11-12-28)22-17-8-4-5-9-20(17)33-24(22)23(19)30/h4-5,8-9,14,16,19,22-24,28,30H,2-3,6-7,10-13,15H2,1H3,(H,26,31)/t16-,19+,22-,23-,24-/m0/s1. The van der Waals surface area contributed by atoms with Crippen molar-refractivity contribution in [1.82, 2.24) is 10.2 Å². The molecule has 0 unspecified atom stereocenters. The number of nitrogens with one attached hydrogen (secondary N) is 1. The molecule has 1 aromatic carbocycles. The predicted molar refractivity (Wildman–Crippen MR) is 122 cm³/mol. The van der Waals surface area contributed by atoms with E-state index in [0.717, 1.165) is 31.2 Å². The maximum Gasteiger partial charge on any atom is 0.247 e. The molecule has 0 saturated carbocycles. The number of aliphatic hydroxyl groups is 2. The number of unbranched alkanes of at least 4 members (excludes halogenated alkanes) is 1. The zero-order valence-corrected chi connectivity index (χ0v) is 19.1. The predicted octanol–water partition coefficient (Wildman–Crippen LogP) is 1.51. The number of para-hydroxylation sites is 1. The van der Waals surface area contributed by atoms with Gasteiger partial charge in [0.1, 0.15) is 18.0 Å². The molecule has 0 aromatic heterocycles. The quantitative estimate of drug-likeness (QED) is 0.518. The van der Waals surface area contributed by atoms with Gasteiger partial charge in [-0.05, 0) is 31.4 Å². The molecule has 0 spiro atoms. The van der Waals surface area contributed by atoms with Gasteiger partial charge in [-0.2, -0.15) is 0 Å². The summed E-state index contributed by atoms with van der Waals surface area (Å²) in [6.45, 7) is 3.02. The van der Waals surface area contributed by atoms with Crippen LogP contribution in [0.2, 0.25) is 0 Å². The summed E-state index contributed by atoms with van der Waals surface area (Å²) in [6.07, 6.45) is 3.80. The Kier molecular flexibility index (Phi) is 7.67. The lowest BCUT2D eigenvalue weighted by molar-refractivity contribution is -0.139. The molecule has 3 aliphatic rings. The Labute approximate surface area is 194 Å². The van der Waals surface area contributed by atoms with E-state index in [0.29, 0.717) is 30.9 Å². The van der Waals surface area contributed by atoms with Crippen molar-refractivity contribution in [3.63, 3.8) is 0 Å². The van der Waals surface area contributed by atoms with E-state index in [-0.39, 0.29) is 31.1 Å². The van der Waals surface area contributed by atoms with Gasteiger partial charge in [0, 0.05) is 37.3 Å². The second-order valence-electron chi connectivity index (χ2n) is 8.97. The van der Waals surface area contributed by atoms with E-state index in [2.05, 4.69) is 5.32 Å². The topological polar surface area (TPSA) is 108 Å². The maximum absolute atomic E-state index is 13.2. The number of rotatable bonds is 9. The van der Waals surface area contributed by atoms with Crippen LogP contribution in [0.5, 0.6) is 5.75 Å². The third-order valence-corrected chi connectivity index (χ3v) is 6.73. The second kappa shape index (κ2) is 10.7. The average Bonchev–Trinajstić information content (AvgIpc) is 3.48. The van der Waals surface area contributed by atoms with E-state index in [1.54, 1.807) is 11.0 Å². The molecule has 1 aliphatic carbocycles. The molecule has 4 rings (SSSR count). The SMILES string of the molecule is CCCCC(=O)N(C[C@@H]1CCCO1)[C@@H]1C=C(C(=O)NCCO)[C@@H]2c3ccccc3O[C@@H]2[C@H]1O. The third-order valence-electron chi connectivity index (χ3n) is 6.73. The molecule has 1 saturated heterocycles. The molecule has 8 nitrogen and oxygen atoms in total. The zero-order chi connectivity index (χ0) is 23.4. The maximum atomic E-state index is 13.2. The average molecular weight is 459 g/mol. The monoisotopic (exact) mass is 458 g/mol. The number of carbonyl (C=O) groups excluding carboxylic acids is 2. The first-order valence-electron chi connectivity index (χ1n) is 12.0. The van der Waals surface area contributed by atoms with Crippen molar-refractivity contribution in [2.45, 2.75) is 69.3 Å². The van der Waals surface area contributed by atoms with E-state index in [9.17, 15) is 19.8 Å². The highest BCUT2D eigenvalue weighted by atomic mass is 16.5. The minimum absolute atomic E-state index is 0.0586. The van der Waals surface area contributed by atoms with Gasteiger partial charge in [0.25, 0.3) is 0 Å². The molecule has 180 valence electrons. The van der Waals surface area contributed by atoms with Crippen molar-refractivity contribution in [3.8, 4) is 5.75 Å². The summed E-state index contributed by atoms with van der Waals surface area (Å²) in [4.78, 5) is 28.0. The Morgan fingerprint density at radius 1 is 1.27 bits per heavy atom. The molecule has 3 N–H and O–H groups in total. The van der Waals surface area contributed by atoms with Gasteiger partial charge in [-0.25, -0.2) is 0 Å². The van der Waals surface area contributed by atoms with Crippen LogP contribution in [0.4, 0.5) is 0 Å². The highest BCUT2D eigenvalue weighted by Crippen LogP contribution is 2.47. The molecule has 5 atom stereocenters. The number of benzene rings is 1. The van der Waals surface area contributed by atoms with Crippen molar-refractivity contribution in [2.75, 3.05) is 26.3 Å². The highest BCUT2D eigenvalue weighted by molar-refractivity contribution is 5.96. The minimum atomic E-state index is -0.997. The summed E-state index contributed by atoms with van der Waals surface area (Å²) in [6, 6.07) is 6.76. The number of nitrogens with zero attached hydrogens (tertiary/aromatic N) is 1. The number of aliphatic hydroxyl groups excluding tert-OH is 2. The lowest BCUT2D eigenvalue weighted by Crippen LogP contribution is -2.57. The van der Waals surface area contributed by atoms with E-state index in [1.807, 2.05) is 31.2 Å². The summed E-state index contributed by atoms with van der Waals surface area (Å²) in [5, 5.41) is 23.4. The molecule has 33 heavy (non-hydrogen) atoms. The van der Waals surface area contributed by atoms with Gasteiger partial charge in [-0.1, -0.05) is 31.5 Å². The molecular formula is C25H34N2O6. The Bertz CT molecular complexity index is 881. The van der Waals surface area contributed by atoms with E-state index >= 15 is 0 Å². The van der Waals surface area contributed by atoms with Crippen LogP contribution in [-0.4, -0.2) is 77.6 Å². The van der Waals surface area contributed by atoms with Crippen molar-refractivity contribution in [2.24, 2.45) is 0 Å². The van der Waals surface area contributed by atoms with Crippen LogP contribution in [0.3, 0.4) is 0 Å². The smallest absolute Gasteiger partial charge is 0.247 e. The fourth-order valence-electron chi connectivity index (χ4n) is 5.06. The van der Waals surface area contributed by atoms with Crippen LogP contribution in [-0.2, 0) is 14.3 Å². The van der Waals surface area contributed by atoms with Crippen molar-refractivity contribution < 1.29 is 29.3 Å². The van der Waals surface area contributed by atoms with Crippen molar-refractivity contribution in [1.29, 1.82) is 0 Å². The van der Waals surface area contributed by atoms with Crippen LogP contribution in [0.1, 0.15) is 50.5 Å². The summed E-state index contributed by atoms with van der Waals surface area (Å²) in [7, 11) is 0. The number of hydrogen-bond acceptors (Lipinski definition) is 6. The minimum Gasteiger partial charge on any atom is -0.486 e. The number of amides is 2. The normalized spacial score (nSPS) is 27.8. The van der Waals surface area contributed by atoms with Crippen LogP contribution in [0, 0.1) is 0 Å². The van der Waals surface area contributed by atoms with E-state index in [1.165, 1.54) is 0 Å². The van der Waals surface area contributed by atoms with Gasteiger partial charge in [0.05, 0.1) is 24.7 Å². The first-order valence-corrected chi connectivity index (χ1v) is 12.0. The van der Waals surface area contributed by atoms with Crippen molar-refractivity contribution >= 4 is 11.8 Å². The Morgan fingerprint density at radius 3 is 2.82 bits per heavy atom. The fraction of sp³-hybridized carbons (Fsp3) is 0.600.